The number of nitrogens with zero attached hydrogens (tertiary/aromatic N) is 4. The summed E-state index contributed by atoms with van der Waals surface area (Å²) < 4.78 is 12.9. The van der Waals surface area contributed by atoms with Crippen molar-refractivity contribution in [2.24, 2.45) is 0 Å². The maximum Gasteiger partial charge on any atom is 0.332 e. The number of nitrogens with one attached hydrogen (secondary N) is 1. The fraction of sp³-hybridized carbons (Fsp3) is 0.261. The van der Waals surface area contributed by atoms with Crippen LogP contribution in [0.3, 0.4) is 0 Å². The highest BCUT2D eigenvalue weighted by Gasteiger charge is 2.17. The van der Waals surface area contributed by atoms with Gasteiger partial charge in [-0.15, -0.1) is 11.3 Å². The fourth-order valence-corrected chi connectivity index (χ4v) is 4.29. The molecule has 0 aliphatic carbocycles. The summed E-state index contributed by atoms with van der Waals surface area (Å²) in [5.74, 6) is 0.716. The molecule has 0 saturated carbocycles. The van der Waals surface area contributed by atoms with Crippen molar-refractivity contribution in [2.75, 3.05) is 19.5 Å². The van der Waals surface area contributed by atoms with E-state index >= 15 is 0 Å². The van der Waals surface area contributed by atoms with Crippen LogP contribution in [0.15, 0.2) is 51.5 Å². The lowest BCUT2D eigenvalue weighted by atomic mass is 10.1. The average molecular weight is 482 g/mol. The van der Waals surface area contributed by atoms with Gasteiger partial charge in [0.05, 0.1) is 25.4 Å². The molecular formula is C23H23N5O5S. The lowest BCUT2D eigenvalue weighted by molar-refractivity contribution is -0.116. The summed E-state index contributed by atoms with van der Waals surface area (Å²) in [5, 5.41) is 4.95. The summed E-state index contributed by atoms with van der Waals surface area (Å²) in [6.07, 6.45) is 1.87. The predicted molar refractivity (Wildman–Crippen MR) is 129 cm³/mol. The van der Waals surface area contributed by atoms with Crippen LogP contribution in [0, 0.1) is 6.92 Å². The van der Waals surface area contributed by atoms with Gasteiger partial charge in [-0.2, -0.15) is 0 Å². The van der Waals surface area contributed by atoms with Gasteiger partial charge in [-0.25, -0.2) is 14.8 Å². The Morgan fingerprint density at radius 2 is 1.91 bits per heavy atom. The molecule has 0 radical (unpaired) electrons. The lowest BCUT2D eigenvalue weighted by Crippen LogP contribution is -2.42. The van der Waals surface area contributed by atoms with E-state index < -0.39 is 17.2 Å². The zero-order valence-electron chi connectivity index (χ0n) is 18.9. The van der Waals surface area contributed by atoms with Crippen LogP contribution in [0.1, 0.15) is 11.3 Å². The number of pyridine rings is 1. The highest BCUT2D eigenvalue weighted by molar-refractivity contribution is 7.13. The number of carbonyl (C=O) groups excluding carboxylic acids is 1. The highest BCUT2D eigenvalue weighted by Crippen LogP contribution is 2.27. The molecule has 1 aromatic carbocycles. The van der Waals surface area contributed by atoms with Crippen LogP contribution in [-0.2, 0) is 24.3 Å². The maximum absolute atomic E-state index is 13.3. The molecule has 3 aromatic heterocycles. The Labute approximate surface area is 198 Å². The van der Waals surface area contributed by atoms with Gasteiger partial charge in [0, 0.05) is 18.1 Å². The quantitative estimate of drug-likeness (QED) is 0.410. The number of ether oxygens (including phenoxy) is 2. The van der Waals surface area contributed by atoms with E-state index in [9.17, 15) is 14.4 Å². The van der Waals surface area contributed by atoms with Gasteiger partial charge in [-0.1, -0.05) is 6.07 Å². The smallest absolute Gasteiger partial charge is 0.332 e. The Bertz CT molecular complexity index is 1470. The second kappa shape index (κ2) is 9.87. The summed E-state index contributed by atoms with van der Waals surface area (Å²) in [5.41, 5.74) is 0.965. The van der Waals surface area contributed by atoms with Crippen LogP contribution >= 0.6 is 11.3 Å². The molecule has 34 heavy (non-hydrogen) atoms. The molecule has 4 aromatic rings. The van der Waals surface area contributed by atoms with Crippen LogP contribution in [0.5, 0.6) is 11.5 Å². The second-order valence-electron chi connectivity index (χ2n) is 7.48. The van der Waals surface area contributed by atoms with Crippen molar-refractivity contribution < 1.29 is 14.3 Å². The minimum Gasteiger partial charge on any atom is -0.493 e. The standard InChI is InChI=1S/C23H23N5O5S/c1-14-13-34-22(25-14)26-19(29)12-28-16-5-4-9-24-20(16)21(30)27(23(28)31)10-8-15-6-7-17(32-2)18(11-15)33-3/h4-7,9,11,13H,8,10,12H2,1-3H3,(H,25,26,29). The number of amides is 1. The van der Waals surface area contributed by atoms with Crippen molar-refractivity contribution >= 4 is 33.4 Å². The summed E-state index contributed by atoms with van der Waals surface area (Å²) in [6.45, 7) is 1.65. The minimum absolute atomic E-state index is 0.104. The van der Waals surface area contributed by atoms with Gasteiger partial charge in [-0.05, 0) is 43.2 Å². The van der Waals surface area contributed by atoms with Crippen LogP contribution in [0.25, 0.3) is 11.0 Å². The SMILES string of the molecule is COc1ccc(CCn2c(=O)c3ncccc3n(CC(=O)Nc3nc(C)cs3)c2=O)cc1OC. The molecule has 11 heteroatoms. The zero-order chi connectivity index (χ0) is 24.2. The molecule has 0 aliphatic rings. The van der Waals surface area contributed by atoms with Crippen LogP contribution in [0.2, 0.25) is 0 Å². The number of hydrogen-bond acceptors (Lipinski definition) is 8. The van der Waals surface area contributed by atoms with Gasteiger partial charge in [0.1, 0.15) is 6.54 Å². The molecule has 1 N–H and O–H groups in total. The third-order valence-electron chi connectivity index (χ3n) is 5.23. The number of hydrogen-bond donors (Lipinski definition) is 1. The van der Waals surface area contributed by atoms with E-state index in [0.717, 1.165) is 15.8 Å². The topological polar surface area (TPSA) is 117 Å². The molecule has 0 atom stereocenters. The largest absolute Gasteiger partial charge is 0.493 e. The van der Waals surface area contributed by atoms with Gasteiger partial charge in [0.2, 0.25) is 5.91 Å². The monoisotopic (exact) mass is 481 g/mol. The van der Waals surface area contributed by atoms with E-state index in [0.29, 0.717) is 28.6 Å². The number of carbonyl (C=O) groups is 1. The predicted octanol–water partition coefficient (Wildman–Crippen LogP) is 2.22. The Kier molecular flexibility index (Phi) is 6.73. The Morgan fingerprint density at radius 1 is 1.12 bits per heavy atom. The molecule has 0 unspecified atom stereocenters. The lowest BCUT2D eigenvalue weighted by Gasteiger charge is -2.14. The molecule has 176 valence electrons. The Balaban J connectivity index is 1.67. The van der Waals surface area contributed by atoms with Crippen LogP contribution < -0.4 is 26.0 Å². The molecule has 0 bridgehead atoms. The van der Waals surface area contributed by atoms with Gasteiger partial charge in [0.25, 0.3) is 5.56 Å². The molecule has 0 aliphatic heterocycles. The van der Waals surface area contributed by atoms with E-state index in [1.807, 2.05) is 18.4 Å². The summed E-state index contributed by atoms with van der Waals surface area (Å²) >= 11 is 1.30. The highest BCUT2D eigenvalue weighted by atomic mass is 32.1. The number of benzene rings is 1. The van der Waals surface area contributed by atoms with E-state index in [-0.39, 0.29) is 18.6 Å². The molecular weight excluding hydrogens is 458 g/mol. The van der Waals surface area contributed by atoms with E-state index in [4.69, 9.17) is 9.47 Å². The number of thiazole rings is 1. The van der Waals surface area contributed by atoms with Gasteiger partial charge in [-0.3, -0.25) is 18.7 Å². The van der Waals surface area contributed by atoms with Crippen molar-refractivity contribution in [3.8, 4) is 11.5 Å². The van der Waals surface area contributed by atoms with Gasteiger partial charge in [0.15, 0.2) is 22.1 Å². The van der Waals surface area contributed by atoms with Crippen molar-refractivity contribution in [3.63, 3.8) is 0 Å². The minimum atomic E-state index is -0.587. The number of rotatable bonds is 8. The summed E-state index contributed by atoms with van der Waals surface area (Å²) in [4.78, 5) is 47.4. The van der Waals surface area contributed by atoms with Crippen molar-refractivity contribution in [3.05, 3.63) is 74.0 Å². The third-order valence-corrected chi connectivity index (χ3v) is 6.10. The molecule has 1 amide bonds. The van der Waals surface area contributed by atoms with Crippen LogP contribution in [0.4, 0.5) is 5.13 Å². The van der Waals surface area contributed by atoms with E-state index in [1.54, 1.807) is 31.4 Å². The first kappa shape index (κ1) is 23.2. The average Bonchev–Trinajstić information content (AvgIpc) is 3.25. The van der Waals surface area contributed by atoms with Gasteiger partial charge >= 0.3 is 5.69 Å². The summed E-state index contributed by atoms with van der Waals surface area (Å²) in [7, 11) is 3.09. The summed E-state index contributed by atoms with van der Waals surface area (Å²) in [6, 6.07) is 8.62. The van der Waals surface area contributed by atoms with Crippen molar-refractivity contribution in [1.29, 1.82) is 0 Å². The van der Waals surface area contributed by atoms with E-state index in [1.165, 1.54) is 29.2 Å². The Morgan fingerprint density at radius 3 is 2.62 bits per heavy atom. The second-order valence-corrected chi connectivity index (χ2v) is 8.34. The molecule has 4 rings (SSSR count). The van der Waals surface area contributed by atoms with Crippen molar-refractivity contribution in [1.82, 2.24) is 19.1 Å². The zero-order valence-corrected chi connectivity index (χ0v) is 19.7. The molecule has 0 fully saturated rings. The molecule has 0 spiro atoms. The fourth-order valence-electron chi connectivity index (χ4n) is 3.58. The normalized spacial score (nSPS) is 10.9. The first-order valence-corrected chi connectivity index (χ1v) is 11.3. The van der Waals surface area contributed by atoms with E-state index in [2.05, 4.69) is 15.3 Å². The molecule has 0 saturated heterocycles. The number of aryl methyl sites for hydroxylation is 2. The number of aromatic nitrogens is 4. The molecule has 3 heterocycles. The molecule has 10 nitrogen and oxygen atoms in total. The van der Waals surface area contributed by atoms with Gasteiger partial charge < -0.3 is 14.8 Å². The number of anilines is 1. The van der Waals surface area contributed by atoms with Crippen LogP contribution in [-0.4, -0.2) is 39.2 Å². The maximum atomic E-state index is 13.3. The van der Waals surface area contributed by atoms with Crippen molar-refractivity contribution in [2.45, 2.75) is 26.4 Å². The first-order valence-electron chi connectivity index (χ1n) is 10.4. The number of methoxy groups -OCH3 is 2. The third kappa shape index (κ3) is 4.69. The first-order chi connectivity index (χ1) is 16.4. The number of fused-ring (bicyclic) bond motifs is 1. The Hall–Kier alpha value is -3.99.